The minimum Gasteiger partial charge on any atom is -0.491 e. The van der Waals surface area contributed by atoms with E-state index in [-0.39, 0.29) is 18.1 Å². The van der Waals surface area contributed by atoms with E-state index in [2.05, 4.69) is 10.3 Å². The Hall–Kier alpha value is -2.82. The number of aromatic nitrogens is 1. The van der Waals surface area contributed by atoms with Crippen LogP contribution in [0.1, 0.15) is 42.7 Å². The maximum atomic E-state index is 12.5. The summed E-state index contributed by atoms with van der Waals surface area (Å²) in [6, 6.07) is 12.8. The molecule has 1 heterocycles. The van der Waals surface area contributed by atoms with E-state index in [1.165, 1.54) is 6.39 Å². The summed E-state index contributed by atoms with van der Waals surface area (Å²) in [5.74, 6) is 0.641. The molecule has 0 saturated heterocycles. The molecule has 0 aliphatic rings. The van der Waals surface area contributed by atoms with Crippen molar-refractivity contribution in [1.82, 2.24) is 10.3 Å². The number of fused-ring (bicyclic) bond motifs is 1. The van der Waals surface area contributed by atoms with E-state index in [0.717, 1.165) is 16.8 Å². The Bertz CT molecular complexity index is 854. The SMILES string of the molecule is CC(C)Oc1cccc([C@H](C)NC(=O)c2ccc3ncoc3c2)c1. The highest BCUT2D eigenvalue weighted by Gasteiger charge is 2.13. The van der Waals surface area contributed by atoms with Gasteiger partial charge < -0.3 is 14.5 Å². The smallest absolute Gasteiger partial charge is 0.251 e. The van der Waals surface area contributed by atoms with Crippen LogP contribution in [0.3, 0.4) is 0 Å². The van der Waals surface area contributed by atoms with E-state index in [1.54, 1.807) is 18.2 Å². The summed E-state index contributed by atoms with van der Waals surface area (Å²) < 4.78 is 10.9. The molecule has 0 radical (unpaired) electrons. The summed E-state index contributed by atoms with van der Waals surface area (Å²) in [4.78, 5) is 16.5. The van der Waals surface area contributed by atoms with Gasteiger partial charge in [0, 0.05) is 5.56 Å². The summed E-state index contributed by atoms with van der Waals surface area (Å²) in [5, 5.41) is 2.99. The first-order valence-electron chi connectivity index (χ1n) is 7.93. The third-order valence-corrected chi connectivity index (χ3v) is 3.67. The molecule has 0 unspecified atom stereocenters. The molecule has 24 heavy (non-hydrogen) atoms. The number of benzene rings is 2. The van der Waals surface area contributed by atoms with E-state index in [1.807, 2.05) is 45.0 Å². The topological polar surface area (TPSA) is 64.4 Å². The zero-order valence-electron chi connectivity index (χ0n) is 13.9. The molecule has 0 aliphatic heterocycles. The van der Waals surface area contributed by atoms with Crippen LogP contribution in [0.25, 0.3) is 11.1 Å². The Balaban J connectivity index is 1.73. The molecule has 3 aromatic rings. The highest BCUT2D eigenvalue weighted by atomic mass is 16.5. The summed E-state index contributed by atoms with van der Waals surface area (Å²) in [6.07, 6.45) is 1.48. The van der Waals surface area contributed by atoms with Gasteiger partial charge in [-0.3, -0.25) is 4.79 Å². The van der Waals surface area contributed by atoms with Crippen LogP contribution in [0.5, 0.6) is 5.75 Å². The molecule has 0 aliphatic carbocycles. The van der Waals surface area contributed by atoms with Gasteiger partial charge in [0.15, 0.2) is 12.0 Å². The average Bonchev–Trinajstić information content (AvgIpc) is 3.02. The number of oxazole rings is 1. The standard InChI is InChI=1S/C19H20N2O3/c1-12(2)24-16-6-4-5-14(9-16)13(3)21-19(22)15-7-8-17-18(10-15)23-11-20-17/h4-13H,1-3H3,(H,21,22)/t13-/m0/s1. The van der Waals surface area contributed by atoms with Crippen LogP contribution in [0, 0.1) is 0 Å². The lowest BCUT2D eigenvalue weighted by atomic mass is 10.1. The summed E-state index contributed by atoms with van der Waals surface area (Å²) >= 11 is 0. The second kappa shape index (κ2) is 6.74. The molecule has 124 valence electrons. The number of nitrogens with one attached hydrogen (secondary N) is 1. The minimum absolute atomic E-state index is 0.110. The van der Waals surface area contributed by atoms with Crippen LogP contribution >= 0.6 is 0 Å². The molecule has 3 rings (SSSR count). The minimum atomic E-state index is -0.156. The van der Waals surface area contributed by atoms with Gasteiger partial charge in [-0.2, -0.15) is 0 Å². The van der Waals surface area contributed by atoms with Crippen molar-refractivity contribution < 1.29 is 13.9 Å². The summed E-state index contributed by atoms with van der Waals surface area (Å²) in [7, 11) is 0. The highest BCUT2D eigenvalue weighted by Crippen LogP contribution is 2.21. The molecule has 1 amide bonds. The Morgan fingerprint density at radius 3 is 2.79 bits per heavy atom. The molecule has 0 spiro atoms. The fourth-order valence-corrected chi connectivity index (χ4v) is 2.49. The maximum absolute atomic E-state index is 12.5. The van der Waals surface area contributed by atoms with E-state index >= 15 is 0 Å². The predicted octanol–water partition coefficient (Wildman–Crippen LogP) is 4.11. The first-order valence-corrected chi connectivity index (χ1v) is 7.93. The number of carbonyl (C=O) groups excluding carboxylic acids is 1. The zero-order valence-corrected chi connectivity index (χ0v) is 13.9. The summed E-state index contributed by atoms with van der Waals surface area (Å²) in [6.45, 7) is 5.91. The Morgan fingerprint density at radius 2 is 2.00 bits per heavy atom. The lowest BCUT2D eigenvalue weighted by Crippen LogP contribution is -2.26. The fraction of sp³-hybridized carbons (Fsp3) is 0.263. The molecule has 1 N–H and O–H groups in total. The molecule has 1 atom stereocenters. The number of nitrogens with zero attached hydrogens (tertiary/aromatic N) is 1. The van der Waals surface area contributed by atoms with Crippen molar-refractivity contribution in [2.45, 2.75) is 32.9 Å². The quantitative estimate of drug-likeness (QED) is 0.767. The fourth-order valence-electron chi connectivity index (χ4n) is 2.49. The number of amides is 1. The van der Waals surface area contributed by atoms with Gasteiger partial charge in [0.2, 0.25) is 0 Å². The number of carbonyl (C=O) groups is 1. The summed E-state index contributed by atoms with van der Waals surface area (Å²) in [5.41, 5.74) is 2.86. The normalized spacial score (nSPS) is 12.3. The Morgan fingerprint density at radius 1 is 1.17 bits per heavy atom. The van der Waals surface area contributed by atoms with Gasteiger partial charge in [-0.1, -0.05) is 12.1 Å². The predicted molar refractivity (Wildman–Crippen MR) is 92.1 cm³/mol. The third-order valence-electron chi connectivity index (χ3n) is 3.67. The number of hydrogen-bond donors (Lipinski definition) is 1. The first kappa shape index (κ1) is 16.1. The second-order valence-electron chi connectivity index (χ2n) is 5.97. The Kier molecular flexibility index (Phi) is 4.51. The van der Waals surface area contributed by atoms with E-state index < -0.39 is 0 Å². The van der Waals surface area contributed by atoms with Crippen LogP contribution in [0.15, 0.2) is 53.3 Å². The number of hydrogen-bond acceptors (Lipinski definition) is 4. The van der Waals surface area contributed by atoms with Crippen molar-refractivity contribution in [3.05, 3.63) is 60.0 Å². The van der Waals surface area contributed by atoms with E-state index in [9.17, 15) is 4.79 Å². The maximum Gasteiger partial charge on any atom is 0.251 e. The third kappa shape index (κ3) is 3.56. The van der Waals surface area contributed by atoms with Crippen LogP contribution in [0.4, 0.5) is 0 Å². The molecule has 5 heteroatoms. The molecular formula is C19H20N2O3. The number of rotatable bonds is 5. The van der Waals surface area contributed by atoms with Gasteiger partial charge in [-0.25, -0.2) is 4.98 Å². The van der Waals surface area contributed by atoms with Crippen LogP contribution < -0.4 is 10.1 Å². The largest absolute Gasteiger partial charge is 0.491 e. The van der Waals surface area contributed by atoms with Crippen molar-refractivity contribution in [3.63, 3.8) is 0 Å². The zero-order chi connectivity index (χ0) is 17.1. The second-order valence-corrected chi connectivity index (χ2v) is 5.97. The van der Waals surface area contributed by atoms with Crippen molar-refractivity contribution in [2.75, 3.05) is 0 Å². The van der Waals surface area contributed by atoms with Gasteiger partial charge in [-0.05, 0) is 56.7 Å². The van der Waals surface area contributed by atoms with Crippen molar-refractivity contribution in [1.29, 1.82) is 0 Å². The van der Waals surface area contributed by atoms with E-state index in [0.29, 0.717) is 11.1 Å². The monoisotopic (exact) mass is 324 g/mol. The highest BCUT2D eigenvalue weighted by molar-refractivity contribution is 5.97. The Labute approximate surface area is 140 Å². The molecule has 0 saturated carbocycles. The molecule has 5 nitrogen and oxygen atoms in total. The molecule has 0 bridgehead atoms. The van der Waals surface area contributed by atoms with Gasteiger partial charge in [-0.15, -0.1) is 0 Å². The molecule has 0 fully saturated rings. The van der Waals surface area contributed by atoms with Crippen molar-refractivity contribution in [2.24, 2.45) is 0 Å². The number of ether oxygens (including phenoxy) is 1. The van der Waals surface area contributed by atoms with Crippen LogP contribution in [0.2, 0.25) is 0 Å². The van der Waals surface area contributed by atoms with Gasteiger partial charge in [0.05, 0.1) is 12.1 Å². The van der Waals surface area contributed by atoms with Gasteiger partial charge in [0.1, 0.15) is 11.3 Å². The lowest BCUT2D eigenvalue weighted by molar-refractivity contribution is 0.0939. The van der Waals surface area contributed by atoms with Crippen molar-refractivity contribution >= 4 is 17.0 Å². The molecular weight excluding hydrogens is 304 g/mol. The molecule has 1 aromatic heterocycles. The van der Waals surface area contributed by atoms with Gasteiger partial charge >= 0.3 is 0 Å². The molecule has 2 aromatic carbocycles. The average molecular weight is 324 g/mol. The van der Waals surface area contributed by atoms with Crippen LogP contribution in [-0.2, 0) is 0 Å². The van der Waals surface area contributed by atoms with Crippen LogP contribution in [-0.4, -0.2) is 17.0 Å². The first-order chi connectivity index (χ1) is 11.5. The lowest BCUT2D eigenvalue weighted by Gasteiger charge is -2.16. The van der Waals surface area contributed by atoms with E-state index in [4.69, 9.17) is 9.15 Å². The van der Waals surface area contributed by atoms with Gasteiger partial charge in [0.25, 0.3) is 5.91 Å². The van der Waals surface area contributed by atoms with Crippen molar-refractivity contribution in [3.8, 4) is 5.75 Å².